The Morgan fingerprint density at radius 3 is 2.95 bits per heavy atom. The van der Waals surface area contributed by atoms with Crippen LogP contribution < -0.4 is 0 Å². The third-order valence-electron chi connectivity index (χ3n) is 3.27. The lowest BCUT2D eigenvalue weighted by Crippen LogP contribution is -2.08. The first kappa shape index (κ1) is 14.3. The number of benzene rings is 1. The van der Waals surface area contributed by atoms with E-state index < -0.39 is 0 Å². The van der Waals surface area contributed by atoms with Gasteiger partial charge in [-0.1, -0.05) is 6.07 Å². The molecule has 20 heavy (non-hydrogen) atoms. The maximum Gasteiger partial charge on any atom is 0.138 e. The standard InChI is InChI=1S/C14H11ClFIN2S/c1-8(13-3-2-4-20-13)19-12-5-9(16)10(17)6-11(12)18-14(19)7-15/h2-6,8H,7H2,1H3. The van der Waals surface area contributed by atoms with Crippen molar-refractivity contribution < 1.29 is 4.39 Å². The van der Waals surface area contributed by atoms with Crippen molar-refractivity contribution in [1.29, 1.82) is 0 Å². The Morgan fingerprint density at radius 1 is 1.50 bits per heavy atom. The van der Waals surface area contributed by atoms with Crippen LogP contribution >= 0.6 is 45.5 Å². The number of thiophene rings is 1. The molecule has 1 unspecified atom stereocenters. The number of hydrogen-bond acceptors (Lipinski definition) is 2. The average molecular weight is 421 g/mol. The van der Waals surface area contributed by atoms with Crippen LogP contribution in [0.2, 0.25) is 0 Å². The first-order chi connectivity index (χ1) is 9.61. The molecule has 0 saturated carbocycles. The summed E-state index contributed by atoms with van der Waals surface area (Å²) in [5, 5.41) is 2.04. The van der Waals surface area contributed by atoms with Gasteiger partial charge >= 0.3 is 0 Å². The van der Waals surface area contributed by atoms with Crippen LogP contribution in [0.1, 0.15) is 23.7 Å². The van der Waals surface area contributed by atoms with Crippen LogP contribution in [0.25, 0.3) is 11.0 Å². The number of alkyl halides is 1. The number of rotatable bonds is 3. The number of fused-ring (bicyclic) bond motifs is 1. The van der Waals surface area contributed by atoms with Gasteiger partial charge in [-0.15, -0.1) is 22.9 Å². The van der Waals surface area contributed by atoms with Gasteiger partial charge in [-0.2, -0.15) is 0 Å². The molecule has 3 aromatic rings. The second-order valence-electron chi connectivity index (χ2n) is 4.48. The molecule has 0 aliphatic heterocycles. The molecule has 0 N–H and O–H groups in total. The van der Waals surface area contributed by atoms with Crippen molar-refractivity contribution in [2.75, 3.05) is 0 Å². The zero-order valence-corrected chi connectivity index (χ0v) is 14.3. The Hall–Kier alpha value is -0.660. The van der Waals surface area contributed by atoms with E-state index in [9.17, 15) is 4.39 Å². The maximum absolute atomic E-state index is 13.9. The molecule has 1 atom stereocenters. The summed E-state index contributed by atoms with van der Waals surface area (Å²) in [5.41, 5.74) is 1.58. The summed E-state index contributed by atoms with van der Waals surface area (Å²) in [7, 11) is 0. The highest BCUT2D eigenvalue weighted by atomic mass is 127. The lowest BCUT2D eigenvalue weighted by atomic mass is 10.2. The zero-order chi connectivity index (χ0) is 14.3. The number of imidazole rings is 1. The minimum Gasteiger partial charge on any atom is -0.319 e. The van der Waals surface area contributed by atoms with E-state index in [1.54, 1.807) is 23.5 Å². The molecule has 0 bridgehead atoms. The van der Waals surface area contributed by atoms with Gasteiger partial charge in [-0.25, -0.2) is 9.37 Å². The first-order valence-corrected chi connectivity index (χ1v) is 8.56. The lowest BCUT2D eigenvalue weighted by molar-refractivity contribution is 0.615. The fraction of sp³-hybridized carbons (Fsp3) is 0.214. The Balaban J connectivity index is 2.25. The summed E-state index contributed by atoms with van der Waals surface area (Å²) in [6, 6.07) is 7.48. The van der Waals surface area contributed by atoms with E-state index in [2.05, 4.69) is 18.0 Å². The predicted molar refractivity (Wildman–Crippen MR) is 90.1 cm³/mol. The molecule has 0 saturated heterocycles. The van der Waals surface area contributed by atoms with Crippen molar-refractivity contribution in [3.8, 4) is 0 Å². The first-order valence-electron chi connectivity index (χ1n) is 6.07. The van der Waals surface area contributed by atoms with Gasteiger partial charge in [-0.3, -0.25) is 0 Å². The van der Waals surface area contributed by atoms with Crippen LogP contribution in [0, 0.1) is 9.39 Å². The summed E-state index contributed by atoms with van der Waals surface area (Å²) in [5.74, 6) is 0.852. The largest absolute Gasteiger partial charge is 0.319 e. The van der Waals surface area contributed by atoms with Crippen LogP contribution in [0.3, 0.4) is 0 Å². The smallest absolute Gasteiger partial charge is 0.138 e. The molecular weight excluding hydrogens is 410 g/mol. The minimum absolute atomic E-state index is 0.0909. The Morgan fingerprint density at radius 2 is 2.30 bits per heavy atom. The Bertz CT molecular complexity index is 754. The normalized spacial score (nSPS) is 13.0. The van der Waals surface area contributed by atoms with Gasteiger partial charge < -0.3 is 4.57 Å². The van der Waals surface area contributed by atoms with E-state index in [0.29, 0.717) is 9.45 Å². The van der Waals surface area contributed by atoms with Gasteiger partial charge in [0, 0.05) is 10.9 Å². The van der Waals surface area contributed by atoms with E-state index in [1.165, 1.54) is 4.88 Å². The van der Waals surface area contributed by atoms with Gasteiger partial charge in [-0.05, 0) is 47.0 Å². The highest BCUT2D eigenvalue weighted by Crippen LogP contribution is 2.30. The molecule has 3 rings (SSSR count). The summed E-state index contributed by atoms with van der Waals surface area (Å²) in [4.78, 5) is 5.73. The van der Waals surface area contributed by atoms with E-state index in [-0.39, 0.29) is 11.9 Å². The molecular formula is C14H11ClFIN2S. The van der Waals surface area contributed by atoms with Crippen molar-refractivity contribution in [3.05, 3.63) is 49.7 Å². The molecule has 2 heterocycles. The summed E-state index contributed by atoms with van der Waals surface area (Å²) in [6.45, 7) is 2.08. The van der Waals surface area contributed by atoms with Crippen molar-refractivity contribution in [1.82, 2.24) is 9.55 Å². The van der Waals surface area contributed by atoms with Gasteiger partial charge in [0.25, 0.3) is 0 Å². The van der Waals surface area contributed by atoms with Crippen molar-refractivity contribution in [3.63, 3.8) is 0 Å². The molecule has 104 valence electrons. The fourth-order valence-electron chi connectivity index (χ4n) is 2.32. The molecule has 0 aliphatic carbocycles. The summed E-state index contributed by atoms with van der Waals surface area (Å²) < 4.78 is 16.5. The lowest BCUT2D eigenvalue weighted by Gasteiger charge is -2.15. The van der Waals surface area contributed by atoms with Crippen LogP contribution in [0.4, 0.5) is 4.39 Å². The van der Waals surface area contributed by atoms with Gasteiger partial charge in [0.2, 0.25) is 0 Å². The van der Waals surface area contributed by atoms with Gasteiger partial charge in [0.15, 0.2) is 0 Å². The number of aromatic nitrogens is 2. The van der Waals surface area contributed by atoms with E-state index in [0.717, 1.165) is 16.9 Å². The highest BCUT2D eigenvalue weighted by molar-refractivity contribution is 14.1. The molecule has 6 heteroatoms. The number of nitrogens with zero attached hydrogens (tertiary/aromatic N) is 2. The molecule has 0 radical (unpaired) electrons. The molecule has 1 aromatic carbocycles. The second-order valence-corrected chi connectivity index (χ2v) is 6.89. The topological polar surface area (TPSA) is 17.8 Å². The zero-order valence-electron chi connectivity index (χ0n) is 10.6. The Labute approximate surface area is 138 Å². The van der Waals surface area contributed by atoms with E-state index >= 15 is 0 Å². The summed E-state index contributed by atoms with van der Waals surface area (Å²) >= 11 is 9.67. The second kappa shape index (κ2) is 5.61. The third-order valence-corrected chi connectivity index (χ3v) is 5.37. The Kier molecular flexibility index (Phi) is 4.01. The number of halogens is 3. The molecule has 0 amide bonds. The SMILES string of the molecule is CC(c1cccs1)n1c(CCl)nc2cc(I)c(F)cc21. The quantitative estimate of drug-likeness (QED) is 0.421. The van der Waals surface area contributed by atoms with Crippen LogP contribution in [-0.2, 0) is 5.88 Å². The van der Waals surface area contributed by atoms with Crippen LogP contribution in [0.5, 0.6) is 0 Å². The van der Waals surface area contributed by atoms with Crippen molar-refractivity contribution >= 4 is 56.6 Å². The number of hydrogen-bond donors (Lipinski definition) is 0. The maximum atomic E-state index is 13.9. The average Bonchev–Trinajstić information content (AvgIpc) is 3.06. The molecule has 0 fully saturated rings. The van der Waals surface area contributed by atoms with Crippen LogP contribution in [-0.4, -0.2) is 9.55 Å². The van der Waals surface area contributed by atoms with Gasteiger partial charge in [0.05, 0.1) is 26.5 Å². The van der Waals surface area contributed by atoms with Crippen molar-refractivity contribution in [2.24, 2.45) is 0 Å². The molecule has 0 spiro atoms. The van der Waals surface area contributed by atoms with E-state index in [4.69, 9.17) is 11.6 Å². The summed E-state index contributed by atoms with van der Waals surface area (Å²) in [6.07, 6.45) is 0. The fourth-order valence-corrected chi connectivity index (χ4v) is 3.74. The third kappa shape index (κ3) is 2.35. The highest BCUT2D eigenvalue weighted by Gasteiger charge is 2.18. The molecule has 0 aliphatic rings. The molecule has 2 aromatic heterocycles. The predicted octanol–water partition coefficient (Wildman–Crippen LogP) is 5.19. The minimum atomic E-state index is -0.223. The van der Waals surface area contributed by atoms with Crippen LogP contribution in [0.15, 0.2) is 29.6 Å². The van der Waals surface area contributed by atoms with Crippen molar-refractivity contribution in [2.45, 2.75) is 18.8 Å². The van der Waals surface area contributed by atoms with E-state index in [1.807, 2.05) is 38.6 Å². The molecule has 2 nitrogen and oxygen atoms in total. The van der Waals surface area contributed by atoms with Gasteiger partial charge in [0.1, 0.15) is 11.6 Å². The monoisotopic (exact) mass is 420 g/mol.